The van der Waals surface area contributed by atoms with E-state index >= 15 is 0 Å². The van der Waals surface area contributed by atoms with Crippen molar-refractivity contribution in [2.24, 2.45) is 4.99 Å². The van der Waals surface area contributed by atoms with Gasteiger partial charge < -0.3 is 15.2 Å². The number of nitrogens with zero attached hydrogens (tertiary/aromatic N) is 2. The lowest BCUT2D eigenvalue weighted by molar-refractivity contribution is 0.376. The summed E-state index contributed by atoms with van der Waals surface area (Å²) >= 11 is 3.21. The number of halogens is 3. The normalized spacial score (nSPS) is 11.4. The Balaban J connectivity index is 0.00000338. The standard InChI is InChI=1S/C18H24BrFN4O.HI/c1-4-21-18(23-11-14-10-17(12(2)3)24-25-14)22-8-7-13-5-6-16(20)15(19)9-13;/h5-6,9-10,12H,4,7-8,11H2,1-3H3,(H2,21,22,23);1H. The van der Waals surface area contributed by atoms with Crippen molar-refractivity contribution in [3.8, 4) is 0 Å². The minimum absolute atomic E-state index is 0. The van der Waals surface area contributed by atoms with E-state index in [1.165, 1.54) is 6.07 Å². The molecule has 0 aliphatic carbocycles. The summed E-state index contributed by atoms with van der Waals surface area (Å²) in [6, 6.07) is 6.99. The van der Waals surface area contributed by atoms with E-state index < -0.39 is 0 Å². The molecule has 2 rings (SSSR count). The fraction of sp³-hybridized carbons (Fsp3) is 0.444. The summed E-state index contributed by atoms with van der Waals surface area (Å²) in [7, 11) is 0. The predicted molar refractivity (Wildman–Crippen MR) is 117 cm³/mol. The predicted octanol–water partition coefficient (Wildman–Crippen LogP) is 4.62. The maximum Gasteiger partial charge on any atom is 0.191 e. The molecule has 0 atom stereocenters. The average Bonchev–Trinajstić information content (AvgIpc) is 3.05. The second-order valence-electron chi connectivity index (χ2n) is 5.99. The summed E-state index contributed by atoms with van der Waals surface area (Å²) in [6.45, 7) is 8.05. The Kier molecular flexibility index (Phi) is 10.1. The van der Waals surface area contributed by atoms with E-state index in [2.05, 4.69) is 50.6 Å². The molecule has 0 bridgehead atoms. The molecule has 0 aliphatic heterocycles. The highest BCUT2D eigenvalue weighted by atomic mass is 127. The third kappa shape index (κ3) is 7.22. The summed E-state index contributed by atoms with van der Waals surface area (Å²) in [5.74, 6) is 1.54. The van der Waals surface area contributed by atoms with E-state index in [9.17, 15) is 4.39 Å². The summed E-state index contributed by atoms with van der Waals surface area (Å²) in [5, 5.41) is 10.5. The molecule has 8 heteroatoms. The highest BCUT2D eigenvalue weighted by Crippen LogP contribution is 2.17. The van der Waals surface area contributed by atoms with Crippen LogP contribution in [0.4, 0.5) is 4.39 Å². The molecule has 2 aromatic rings. The molecule has 2 N–H and O–H groups in total. The van der Waals surface area contributed by atoms with Gasteiger partial charge in [-0.2, -0.15) is 0 Å². The lowest BCUT2D eigenvalue weighted by Crippen LogP contribution is -2.38. The van der Waals surface area contributed by atoms with Crippen LogP contribution in [0.2, 0.25) is 0 Å². The van der Waals surface area contributed by atoms with Crippen LogP contribution in [0.5, 0.6) is 0 Å². The average molecular weight is 539 g/mol. The first-order valence-electron chi connectivity index (χ1n) is 8.41. The Morgan fingerprint density at radius 1 is 1.31 bits per heavy atom. The molecule has 5 nitrogen and oxygen atoms in total. The quantitative estimate of drug-likeness (QED) is 0.307. The van der Waals surface area contributed by atoms with Crippen molar-refractivity contribution in [3.63, 3.8) is 0 Å². The van der Waals surface area contributed by atoms with Gasteiger partial charge in [-0.25, -0.2) is 9.38 Å². The van der Waals surface area contributed by atoms with Gasteiger partial charge >= 0.3 is 0 Å². The van der Waals surface area contributed by atoms with Crippen LogP contribution in [0.15, 0.2) is 38.3 Å². The first-order chi connectivity index (χ1) is 12.0. The smallest absolute Gasteiger partial charge is 0.191 e. The highest BCUT2D eigenvalue weighted by molar-refractivity contribution is 14.0. The molecule has 0 spiro atoms. The zero-order valence-electron chi connectivity index (χ0n) is 15.2. The van der Waals surface area contributed by atoms with Crippen LogP contribution < -0.4 is 10.6 Å². The molecular formula is C18H25BrFIN4O. The van der Waals surface area contributed by atoms with Gasteiger partial charge in [0.2, 0.25) is 0 Å². The van der Waals surface area contributed by atoms with Gasteiger partial charge in [0.15, 0.2) is 11.7 Å². The second kappa shape index (κ2) is 11.5. The molecular weight excluding hydrogens is 514 g/mol. The molecule has 0 unspecified atom stereocenters. The van der Waals surface area contributed by atoms with E-state index in [0.29, 0.717) is 29.4 Å². The number of hydrogen-bond acceptors (Lipinski definition) is 3. The molecule has 26 heavy (non-hydrogen) atoms. The van der Waals surface area contributed by atoms with Crippen LogP contribution in [0.1, 0.15) is 43.7 Å². The fourth-order valence-electron chi connectivity index (χ4n) is 2.19. The number of aromatic nitrogens is 1. The van der Waals surface area contributed by atoms with Gasteiger partial charge in [-0.1, -0.05) is 25.1 Å². The van der Waals surface area contributed by atoms with Crippen molar-refractivity contribution < 1.29 is 8.91 Å². The van der Waals surface area contributed by atoms with Gasteiger partial charge in [-0.3, -0.25) is 0 Å². The Labute approximate surface area is 179 Å². The van der Waals surface area contributed by atoms with Crippen molar-refractivity contribution in [1.29, 1.82) is 0 Å². The van der Waals surface area contributed by atoms with E-state index in [4.69, 9.17) is 4.52 Å². The van der Waals surface area contributed by atoms with Gasteiger partial charge in [0.25, 0.3) is 0 Å². The van der Waals surface area contributed by atoms with Crippen molar-refractivity contribution >= 4 is 45.9 Å². The van der Waals surface area contributed by atoms with Crippen LogP contribution in [-0.2, 0) is 13.0 Å². The Bertz CT molecular complexity index is 721. The monoisotopic (exact) mass is 538 g/mol. The van der Waals surface area contributed by atoms with Crippen molar-refractivity contribution in [2.75, 3.05) is 13.1 Å². The Hall–Kier alpha value is -1.16. The topological polar surface area (TPSA) is 62.5 Å². The SMILES string of the molecule is CCNC(=NCc1cc(C(C)C)no1)NCCc1ccc(F)c(Br)c1.I. The fourth-order valence-corrected chi connectivity index (χ4v) is 2.62. The zero-order valence-corrected chi connectivity index (χ0v) is 19.1. The number of rotatable bonds is 7. The van der Waals surface area contributed by atoms with Gasteiger partial charge in [0, 0.05) is 19.2 Å². The van der Waals surface area contributed by atoms with Crippen LogP contribution in [-0.4, -0.2) is 24.2 Å². The first-order valence-corrected chi connectivity index (χ1v) is 9.20. The van der Waals surface area contributed by atoms with Gasteiger partial charge in [0.05, 0.1) is 10.2 Å². The Morgan fingerprint density at radius 2 is 2.08 bits per heavy atom. The lowest BCUT2D eigenvalue weighted by atomic mass is 10.1. The molecule has 144 valence electrons. The highest BCUT2D eigenvalue weighted by Gasteiger charge is 2.07. The largest absolute Gasteiger partial charge is 0.359 e. The maximum absolute atomic E-state index is 13.3. The van der Waals surface area contributed by atoms with Crippen LogP contribution in [0.25, 0.3) is 0 Å². The van der Waals surface area contributed by atoms with Crippen LogP contribution in [0.3, 0.4) is 0 Å². The second-order valence-corrected chi connectivity index (χ2v) is 6.85. The van der Waals surface area contributed by atoms with Gasteiger partial charge in [0.1, 0.15) is 12.4 Å². The molecule has 1 aromatic heterocycles. The van der Waals surface area contributed by atoms with Crippen molar-refractivity contribution in [1.82, 2.24) is 15.8 Å². The molecule has 0 radical (unpaired) electrons. The zero-order chi connectivity index (χ0) is 18.2. The molecule has 0 saturated carbocycles. The van der Waals surface area contributed by atoms with Crippen molar-refractivity contribution in [3.05, 3.63) is 51.6 Å². The van der Waals surface area contributed by atoms with E-state index in [1.807, 2.05) is 13.0 Å². The maximum atomic E-state index is 13.3. The third-order valence-corrected chi connectivity index (χ3v) is 4.20. The minimum Gasteiger partial charge on any atom is -0.359 e. The molecule has 0 amide bonds. The van der Waals surface area contributed by atoms with Crippen LogP contribution in [0, 0.1) is 5.82 Å². The summed E-state index contributed by atoms with van der Waals surface area (Å²) < 4.78 is 19.0. The number of nitrogens with one attached hydrogen (secondary N) is 2. The van der Waals surface area contributed by atoms with Crippen molar-refractivity contribution in [2.45, 2.75) is 39.7 Å². The lowest BCUT2D eigenvalue weighted by Gasteiger charge is -2.11. The molecule has 1 aromatic carbocycles. The summed E-state index contributed by atoms with van der Waals surface area (Å²) in [5.41, 5.74) is 1.98. The van der Waals surface area contributed by atoms with Crippen LogP contribution >= 0.6 is 39.9 Å². The van der Waals surface area contributed by atoms with E-state index in [-0.39, 0.29) is 29.8 Å². The number of hydrogen-bond donors (Lipinski definition) is 2. The number of guanidine groups is 1. The van der Waals surface area contributed by atoms with E-state index in [1.54, 1.807) is 12.1 Å². The number of aliphatic imine (C=N–C) groups is 1. The first kappa shape index (κ1) is 22.9. The molecule has 0 aliphatic rings. The Morgan fingerprint density at radius 3 is 2.69 bits per heavy atom. The van der Waals surface area contributed by atoms with Gasteiger partial charge in [-0.15, -0.1) is 24.0 Å². The minimum atomic E-state index is -0.251. The molecule has 1 heterocycles. The van der Waals surface area contributed by atoms with E-state index in [0.717, 1.165) is 30.0 Å². The number of benzene rings is 1. The van der Waals surface area contributed by atoms with Gasteiger partial charge in [-0.05, 0) is 52.9 Å². The molecule has 0 fully saturated rings. The summed E-state index contributed by atoms with van der Waals surface area (Å²) in [6.07, 6.45) is 0.767. The summed E-state index contributed by atoms with van der Waals surface area (Å²) in [4.78, 5) is 4.51. The third-order valence-electron chi connectivity index (χ3n) is 3.60. The molecule has 0 saturated heterocycles.